The Balaban J connectivity index is 1.58. The molecule has 7 heteroatoms. The van der Waals surface area contributed by atoms with Gasteiger partial charge >= 0.3 is 6.18 Å². The number of carbonyl (C=O) groups excluding carboxylic acids is 1. The van der Waals surface area contributed by atoms with Crippen LogP contribution in [0, 0.1) is 17.8 Å². The maximum atomic E-state index is 13.0. The molecule has 2 atom stereocenters. The summed E-state index contributed by atoms with van der Waals surface area (Å²) in [4.78, 5) is 12.3. The number of hydrogen-bond acceptors (Lipinski definition) is 3. The van der Waals surface area contributed by atoms with Crippen LogP contribution in [0.4, 0.5) is 13.2 Å². The van der Waals surface area contributed by atoms with E-state index in [1.54, 1.807) is 13.8 Å². The van der Waals surface area contributed by atoms with Gasteiger partial charge in [0.1, 0.15) is 12.4 Å². The van der Waals surface area contributed by atoms with E-state index in [2.05, 4.69) is 10.6 Å². The van der Waals surface area contributed by atoms with Gasteiger partial charge in [-0.2, -0.15) is 13.2 Å². The molecule has 3 rings (SSSR count). The van der Waals surface area contributed by atoms with Crippen molar-refractivity contribution in [3.05, 3.63) is 29.8 Å². The fraction of sp³-hybridized carbons (Fsp3) is 0.588. The van der Waals surface area contributed by atoms with Crippen molar-refractivity contribution in [2.24, 2.45) is 17.8 Å². The third-order valence-corrected chi connectivity index (χ3v) is 4.64. The number of para-hydroxylation sites is 1. The minimum absolute atomic E-state index is 0.0213. The van der Waals surface area contributed by atoms with Gasteiger partial charge in [0, 0.05) is 5.92 Å². The molecule has 1 amide bonds. The third-order valence-electron chi connectivity index (χ3n) is 4.64. The van der Waals surface area contributed by atoms with Crippen molar-refractivity contribution in [2.75, 3.05) is 19.7 Å². The maximum Gasteiger partial charge on any atom is 0.419 e. The summed E-state index contributed by atoms with van der Waals surface area (Å²) in [6, 6.07) is 5.09. The highest BCUT2D eigenvalue weighted by Crippen LogP contribution is 2.48. The number of ether oxygens (including phenoxy) is 1. The highest BCUT2D eigenvalue weighted by Gasteiger charge is 2.57. The Kier molecular flexibility index (Phi) is 4.23. The SMILES string of the molecule is CC(C)(COc1ccccc1C(F)(F)F)NC(=O)C1C2CNCC21. The number of benzene rings is 1. The number of amides is 1. The highest BCUT2D eigenvalue weighted by atomic mass is 19.4. The lowest BCUT2D eigenvalue weighted by molar-refractivity contribution is -0.139. The summed E-state index contributed by atoms with van der Waals surface area (Å²) in [7, 11) is 0. The van der Waals surface area contributed by atoms with Gasteiger partial charge in [-0.1, -0.05) is 12.1 Å². The minimum Gasteiger partial charge on any atom is -0.491 e. The highest BCUT2D eigenvalue weighted by molar-refractivity contribution is 5.83. The average Bonchev–Trinajstić information content (AvgIpc) is 2.98. The standard InChI is InChI=1S/C17H21F3N2O2/c1-16(2,22-15(23)14-10-7-21-8-11(10)14)9-24-13-6-4-3-5-12(13)17(18,19)20/h3-6,10-11,14,21H,7-9H2,1-2H3,(H,22,23). The Morgan fingerprint density at radius 3 is 2.50 bits per heavy atom. The molecule has 2 fully saturated rings. The molecule has 2 N–H and O–H groups in total. The predicted octanol–water partition coefficient (Wildman–Crippen LogP) is 2.44. The van der Waals surface area contributed by atoms with Gasteiger partial charge in [0.25, 0.3) is 0 Å². The van der Waals surface area contributed by atoms with E-state index in [1.165, 1.54) is 18.2 Å². The molecule has 1 aromatic rings. The number of rotatable bonds is 5. The van der Waals surface area contributed by atoms with Crippen LogP contribution < -0.4 is 15.4 Å². The number of carbonyl (C=O) groups is 1. The molecule has 1 aliphatic carbocycles. The van der Waals surface area contributed by atoms with Gasteiger partial charge in [0.15, 0.2) is 0 Å². The van der Waals surface area contributed by atoms with E-state index in [-0.39, 0.29) is 24.2 Å². The average molecular weight is 342 g/mol. The van der Waals surface area contributed by atoms with Crippen molar-refractivity contribution in [3.8, 4) is 5.75 Å². The first-order valence-corrected chi connectivity index (χ1v) is 8.01. The van der Waals surface area contributed by atoms with E-state index in [9.17, 15) is 18.0 Å². The number of fused-ring (bicyclic) bond motifs is 1. The molecule has 0 aromatic heterocycles. The molecular formula is C17H21F3N2O2. The number of hydrogen-bond donors (Lipinski definition) is 2. The van der Waals surface area contributed by atoms with Crippen LogP contribution in [-0.4, -0.2) is 31.1 Å². The molecule has 2 unspecified atom stereocenters. The van der Waals surface area contributed by atoms with Crippen molar-refractivity contribution < 1.29 is 22.7 Å². The first-order valence-electron chi connectivity index (χ1n) is 8.01. The number of alkyl halides is 3. The zero-order chi connectivity index (χ0) is 17.5. The van der Waals surface area contributed by atoms with Crippen LogP contribution in [-0.2, 0) is 11.0 Å². The fourth-order valence-electron chi connectivity index (χ4n) is 3.35. The molecule has 1 heterocycles. The second-order valence-corrected chi connectivity index (χ2v) is 7.17. The van der Waals surface area contributed by atoms with Crippen LogP contribution in [0.25, 0.3) is 0 Å². The van der Waals surface area contributed by atoms with E-state index in [0.29, 0.717) is 11.8 Å². The monoisotopic (exact) mass is 342 g/mol. The predicted molar refractivity (Wildman–Crippen MR) is 82.5 cm³/mol. The number of halogens is 3. The lowest BCUT2D eigenvalue weighted by Gasteiger charge is -2.27. The Labute approximate surface area is 138 Å². The molecule has 0 spiro atoms. The Bertz CT molecular complexity index is 621. The number of piperidine rings is 1. The second-order valence-electron chi connectivity index (χ2n) is 7.17. The minimum atomic E-state index is -4.47. The molecule has 1 saturated heterocycles. The Morgan fingerprint density at radius 2 is 1.88 bits per heavy atom. The molecule has 132 valence electrons. The van der Waals surface area contributed by atoms with Crippen LogP contribution in [0.2, 0.25) is 0 Å². The molecule has 1 saturated carbocycles. The summed E-state index contributed by atoms with van der Waals surface area (Å²) in [6.45, 7) is 5.18. The van der Waals surface area contributed by atoms with Crippen molar-refractivity contribution in [2.45, 2.75) is 25.6 Å². The molecule has 0 bridgehead atoms. The molecule has 24 heavy (non-hydrogen) atoms. The van der Waals surface area contributed by atoms with Gasteiger partial charge in [0.05, 0.1) is 11.1 Å². The van der Waals surface area contributed by atoms with Crippen LogP contribution >= 0.6 is 0 Å². The summed E-state index contributed by atoms with van der Waals surface area (Å²) in [6.07, 6.45) is -4.47. The zero-order valence-electron chi connectivity index (χ0n) is 13.6. The lowest BCUT2D eigenvalue weighted by Crippen LogP contribution is -2.49. The topological polar surface area (TPSA) is 50.4 Å². The van der Waals surface area contributed by atoms with Gasteiger partial charge < -0.3 is 15.4 Å². The normalized spacial score (nSPS) is 26.0. The van der Waals surface area contributed by atoms with Gasteiger partial charge in [-0.15, -0.1) is 0 Å². The van der Waals surface area contributed by atoms with E-state index in [1.807, 2.05) is 0 Å². The van der Waals surface area contributed by atoms with Crippen LogP contribution in [0.3, 0.4) is 0 Å². The summed E-state index contributed by atoms with van der Waals surface area (Å²) < 4.78 is 44.3. The Morgan fingerprint density at radius 1 is 1.25 bits per heavy atom. The molecule has 2 aliphatic rings. The largest absolute Gasteiger partial charge is 0.491 e. The first-order chi connectivity index (χ1) is 11.2. The third kappa shape index (κ3) is 3.50. The Hall–Kier alpha value is -1.76. The van der Waals surface area contributed by atoms with Gasteiger partial charge in [-0.3, -0.25) is 4.79 Å². The summed E-state index contributed by atoms with van der Waals surface area (Å²) in [5, 5.41) is 6.13. The molecule has 0 radical (unpaired) electrons. The summed E-state index contributed by atoms with van der Waals surface area (Å²) in [5.74, 6) is 0.553. The zero-order valence-corrected chi connectivity index (χ0v) is 13.6. The van der Waals surface area contributed by atoms with Crippen molar-refractivity contribution in [3.63, 3.8) is 0 Å². The van der Waals surface area contributed by atoms with Gasteiger partial charge in [0.2, 0.25) is 5.91 Å². The van der Waals surface area contributed by atoms with Crippen LogP contribution in [0.1, 0.15) is 19.4 Å². The van der Waals surface area contributed by atoms with Crippen LogP contribution in [0.5, 0.6) is 5.75 Å². The summed E-state index contributed by atoms with van der Waals surface area (Å²) in [5.41, 5.74) is -1.56. The van der Waals surface area contributed by atoms with Crippen LogP contribution in [0.15, 0.2) is 24.3 Å². The van der Waals surface area contributed by atoms with Crippen molar-refractivity contribution in [1.29, 1.82) is 0 Å². The van der Waals surface area contributed by atoms with E-state index in [4.69, 9.17) is 4.74 Å². The smallest absolute Gasteiger partial charge is 0.419 e. The molecule has 1 aliphatic heterocycles. The van der Waals surface area contributed by atoms with E-state index < -0.39 is 17.3 Å². The van der Waals surface area contributed by atoms with E-state index in [0.717, 1.165) is 19.2 Å². The van der Waals surface area contributed by atoms with Gasteiger partial charge in [-0.05, 0) is 50.9 Å². The molecular weight excluding hydrogens is 321 g/mol. The quantitative estimate of drug-likeness (QED) is 0.864. The van der Waals surface area contributed by atoms with E-state index >= 15 is 0 Å². The lowest BCUT2D eigenvalue weighted by atomic mass is 10.1. The second kappa shape index (κ2) is 5.95. The van der Waals surface area contributed by atoms with Crippen molar-refractivity contribution >= 4 is 5.91 Å². The summed E-state index contributed by atoms with van der Waals surface area (Å²) >= 11 is 0. The maximum absolute atomic E-state index is 13.0. The first kappa shape index (κ1) is 17.1. The molecule has 1 aromatic carbocycles. The number of nitrogens with one attached hydrogen (secondary N) is 2. The van der Waals surface area contributed by atoms with Gasteiger partial charge in [-0.25, -0.2) is 0 Å². The molecule has 4 nitrogen and oxygen atoms in total. The fourth-order valence-corrected chi connectivity index (χ4v) is 3.35. The van der Waals surface area contributed by atoms with Crippen molar-refractivity contribution in [1.82, 2.24) is 10.6 Å².